The van der Waals surface area contributed by atoms with Gasteiger partial charge in [0.25, 0.3) is 0 Å². The van der Waals surface area contributed by atoms with E-state index in [-0.39, 0.29) is 17.7 Å². The van der Waals surface area contributed by atoms with Gasteiger partial charge in [-0.25, -0.2) is 0 Å². The van der Waals surface area contributed by atoms with Gasteiger partial charge in [-0.2, -0.15) is 0 Å². The molecule has 0 unspecified atom stereocenters. The van der Waals surface area contributed by atoms with Crippen molar-refractivity contribution in [2.45, 2.75) is 44.9 Å². The Labute approximate surface area is 125 Å². The third kappa shape index (κ3) is 4.48. The fourth-order valence-corrected chi connectivity index (χ4v) is 2.74. The van der Waals surface area contributed by atoms with Crippen LogP contribution in [0, 0.1) is 5.92 Å². The van der Waals surface area contributed by atoms with Crippen LogP contribution in [0.1, 0.15) is 50.5 Å². The Morgan fingerprint density at radius 2 is 1.67 bits per heavy atom. The maximum Gasteiger partial charge on any atom is 0.227 e. The lowest BCUT2D eigenvalue weighted by Gasteiger charge is -2.19. The minimum atomic E-state index is 0.0629. The van der Waals surface area contributed by atoms with E-state index in [1.165, 1.54) is 19.3 Å². The molecule has 1 aliphatic carbocycles. The summed E-state index contributed by atoms with van der Waals surface area (Å²) in [7, 11) is 0. The first-order valence-electron chi connectivity index (χ1n) is 7.59. The number of oxime groups is 1. The molecule has 21 heavy (non-hydrogen) atoms. The summed E-state index contributed by atoms with van der Waals surface area (Å²) in [6.07, 6.45) is 8.00. The van der Waals surface area contributed by atoms with E-state index in [1.54, 1.807) is 24.3 Å². The highest BCUT2D eigenvalue weighted by Gasteiger charge is 2.19. The summed E-state index contributed by atoms with van der Waals surface area (Å²) in [6, 6.07) is 6.99. The lowest BCUT2D eigenvalue weighted by Crippen LogP contribution is -2.23. The quantitative estimate of drug-likeness (QED) is 0.346. The van der Waals surface area contributed by atoms with E-state index in [4.69, 9.17) is 10.9 Å². The fourth-order valence-electron chi connectivity index (χ4n) is 2.74. The van der Waals surface area contributed by atoms with Crippen LogP contribution in [0.2, 0.25) is 0 Å². The Kier molecular flexibility index (Phi) is 5.60. The monoisotopic (exact) mass is 289 g/mol. The van der Waals surface area contributed by atoms with Crippen LogP contribution in [-0.2, 0) is 4.79 Å². The molecule has 0 heterocycles. The van der Waals surface area contributed by atoms with Gasteiger partial charge in [0.2, 0.25) is 5.91 Å². The predicted molar refractivity (Wildman–Crippen MR) is 83.4 cm³/mol. The first kappa shape index (κ1) is 15.4. The van der Waals surface area contributed by atoms with Crippen LogP contribution < -0.4 is 11.1 Å². The van der Waals surface area contributed by atoms with E-state index >= 15 is 0 Å². The number of carbonyl (C=O) groups excluding carboxylic acids is 1. The minimum absolute atomic E-state index is 0.0629. The average molecular weight is 289 g/mol. The van der Waals surface area contributed by atoms with Crippen molar-refractivity contribution in [3.05, 3.63) is 29.8 Å². The molecule has 4 N–H and O–H groups in total. The highest BCUT2D eigenvalue weighted by atomic mass is 16.4. The van der Waals surface area contributed by atoms with Gasteiger partial charge in [0.1, 0.15) is 0 Å². The van der Waals surface area contributed by atoms with E-state index in [0.717, 1.165) is 31.4 Å². The SMILES string of the molecule is NC(=NO)c1ccc(NC(=O)C2CCCCCCC2)cc1. The summed E-state index contributed by atoms with van der Waals surface area (Å²) in [6.45, 7) is 0. The molecule has 0 aliphatic heterocycles. The molecule has 0 saturated heterocycles. The summed E-state index contributed by atoms with van der Waals surface area (Å²) in [5.41, 5.74) is 6.88. The van der Waals surface area contributed by atoms with E-state index in [0.29, 0.717) is 5.56 Å². The molecular formula is C16H23N3O2. The molecule has 114 valence electrons. The zero-order valence-electron chi connectivity index (χ0n) is 12.2. The van der Waals surface area contributed by atoms with Gasteiger partial charge in [0.15, 0.2) is 5.84 Å². The maximum absolute atomic E-state index is 12.3. The lowest BCUT2D eigenvalue weighted by atomic mass is 9.90. The molecule has 2 rings (SSSR count). The number of nitrogens with zero attached hydrogens (tertiary/aromatic N) is 1. The Morgan fingerprint density at radius 1 is 1.10 bits per heavy atom. The highest BCUT2D eigenvalue weighted by Crippen LogP contribution is 2.23. The number of rotatable bonds is 3. The molecular weight excluding hydrogens is 266 g/mol. The number of nitrogens with two attached hydrogens (primary N) is 1. The second-order valence-electron chi connectivity index (χ2n) is 5.59. The Hall–Kier alpha value is -2.04. The van der Waals surface area contributed by atoms with Crippen LogP contribution in [0.5, 0.6) is 0 Å². The minimum Gasteiger partial charge on any atom is -0.409 e. The zero-order chi connectivity index (χ0) is 15.1. The van der Waals surface area contributed by atoms with Crippen LogP contribution in [0.15, 0.2) is 29.4 Å². The molecule has 0 bridgehead atoms. The van der Waals surface area contributed by atoms with E-state index in [2.05, 4.69) is 10.5 Å². The highest BCUT2D eigenvalue weighted by molar-refractivity contribution is 5.98. The van der Waals surface area contributed by atoms with Crippen molar-refractivity contribution >= 4 is 17.4 Å². The van der Waals surface area contributed by atoms with Crippen molar-refractivity contribution in [2.24, 2.45) is 16.8 Å². The van der Waals surface area contributed by atoms with Gasteiger partial charge in [-0.15, -0.1) is 0 Å². The van der Waals surface area contributed by atoms with Crippen molar-refractivity contribution in [2.75, 3.05) is 5.32 Å². The van der Waals surface area contributed by atoms with Crippen molar-refractivity contribution in [1.82, 2.24) is 0 Å². The molecule has 0 spiro atoms. The predicted octanol–water partition coefficient (Wildman–Crippen LogP) is 3.08. The van der Waals surface area contributed by atoms with E-state index in [9.17, 15) is 4.79 Å². The summed E-state index contributed by atoms with van der Waals surface area (Å²) in [5, 5.41) is 14.5. The van der Waals surface area contributed by atoms with Crippen LogP contribution in [0.3, 0.4) is 0 Å². The summed E-state index contributed by atoms with van der Waals surface area (Å²) in [5.74, 6) is 0.287. The van der Waals surface area contributed by atoms with Crippen LogP contribution >= 0.6 is 0 Å². The number of amidine groups is 1. The molecule has 1 fully saturated rings. The Bertz CT molecular complexity index is 489. The Balaban J connectivity index is 1.95. The number of carbonyl (C=O) groups is 1. The number of hydrogen-bond donors (Lipinski definition) is 3. The first-order valence-corrected chi connectivity index (χ1v) is 7.59. The summed E-state index contributed by atoms with van der Waals surface area (Å²) in [4.78, 5) is 12.3. The normalized spacial score (nSPS) is 17.8. The van der Waals surface area contributed by atoms with Crippen molar-refractivity contribution in [3.8, 4) is 0 Å². The van der Waals surface area contributed by atoms with E-state index in [1.807, 2.05) is 0 Å². The average Bonchev–Trinajstić information content (AvgIpc) is 2.46. The van der Waals surface area contributed by atoms with Crippen molar-refractivity contribution in [1.29, 1.82) is 0 Å². The third-order valence-corrected chi connectivity index (χ3v) is 4.03. The van der Waals surface area contributed by atoms with Crippen molar-refractivity contribution < 1.29 is 10.0 Å². The molecule has 1 aromatic carbocycles. The fraction of sp³-hybridized carbons (Fsp3) is 0.500. The van der Waals surface area contributed by atoms with Gasteiger partial charge in [-0.3, -0.25) is 4.79 Å². The van der Waals surface area contributed by atoms with Gasteiger partial charge < -0.3 is 16.3 Å². The number of nitrogens with one attached hydrogen (secondary N) is 1. The number of anilines is 1. The number of amides is 1. The smallest absolute Gasteiger partial charge is 0.227 e. The zero-order valence-corrected chi connectivity index (χ0v) is 12.2. The molecule has 0 radical (unpaired) electrons. The van der Waals surface area contributed by atoms with Crippen LogP contribution in [-0.4, -0.2) is 17.0 Å². The van der Waals surface area contributed by atoms with E-state index < -0.39 is 0 Å². The van der Waals surface area contributed by atoms with Gasteiger partial charge in [0, 0.05) is 17.2 Å². The standard InChI is InChI=1S/C16H23N3O2/c17-15(19-21)12-8-10-14(11-9-12)18-16(20)13-6-4-2-1-3-5-7-13/h8-11,13,21H,1-7H2,(H2,17,19)(H,18,20). The number of hydrogen-bond acceptors (Lipinski definition) is 3. The summed E-state index contributed by atoms with van der Waals surface area (Å²) >= 11 is 0. The third-order valence-electron chi connectivity index (χ3n) is 4.03. The molecule has 1 saturated carbocycles. The van der Waals surface area contributed by atoms with Crippen LogP contribution in [0.4, 0.5) is 5.69 Å². The Morgan fingerprint density at radius 3 is 2.24 bits per heavy atom. The topological polar surface area (TPSA) is 87.7 Å². The molecule has 1 aromatic rings. The molecule has 1 amide bonds. The first-order chi connectivity index (χ1) is 10.2. The van der Waals surface area contributed by atoms with Gasteiger partial charge >= 0.3 is 0 Å². The summed E-state index contributed by atoms with van der Waals surface area (Å²) < 4.78 is 0. The molecule has 5 nitrogen and oxygen atoms in total. The van der Waals surface area contributed by atoms with Crippen LogP contribution in [0.25, 0.3) is 0 Å². The van der Waals surface area contributed by atoms with Gasteiger partial charge in [-0.05, 0) is 37.1 Å². The molecule has 0 aromatic heterocycles. The molecule has 5 heteroatoms. The second kappa shape index (κ2) is 7.67. The lowest BCUT2D eigenvalue weighted by molar-refractivity contribution is -0.120. The van der Waals surface area contributed by atoms with Gasteiger partial charge in [-0.1, -0.05) is 37.3 Å². The molecule has 0 atom stereocenters. The largest absolute Gasteiger partial charge is 0.409 e. The molecule has 1 aliphatic rings. The second-order valence-corrected chi connectivity index (χ2v) is 5.59. The van der Waals surface area contributed by atoms with Crippen molar-refractivity contribution in [3.63, 3.8) is 0 Å². The van der Waals surface area contributed by atoms with Gasteiger partial charge in [0.05, 0.1) is 0 Å². The number of benzene rings is 1. The maximum atomic E-state index is 12.3.